The number of nitrogens with zero attached hydrogens (tertiary/aromatic N) is 1. The van der Waals surface area contributed by atoms with Crippen molar-refractivity contribution in [2.75, 3.05) is 19.6 Å². The predicted molar refractivity (Wildman–Crippen MR) is 133 cm³/mol. The number of amides is 2. The van der Waals surface area contributed by atoms with Crippen LogP contribution in [-0.4, -0.2) is 53.5 Å². The molecule has 2 aliphatic heterocycles. The highest BCUT2D eigenvalue weighted by molar-refractivity contribution is 7.80. The first kappa shape index (κ1) is 22.6. The van der Waals surface area contributed by atoms with Crippen LogP contribution in [0, 0.1) is 11.3 Å². The van der Waals surface area contributed by atoms with Crippen molar-refractivity contribution in [1.29, 1.82) is 0 Å². The first-order valence-electron chi connectivity index (χ1n) is 12.6. The van der Waals surface area contributed by atoms with Gasteiger partial charge in [-0.05, 0) is 68.6 Å². The van der Waals surface area contributed by atoms with E-state index in [2.05, 4.69) is 53.2 Å². The quantitative estimate of drug-likeness (QED) is 0.580. The van der Waals surface area contributed by atoms with Gasteiger partial charge in [-0.15, -0.1) is 0 Å². The van der Waals surface area contributed by atoms with Gasteiger partial charge >= 0.3 is 0 Å². The molecule has 1 aromatic rings. The van der Waals surface area contributed by atoms with Crippen LogP contribution in [0.3, 0.4) is 0 Å². The highest BCUT2D eigenvalue weighted by Crippen LogP contribution is 2.59. The van der Waals surface area contributed by atoms with Crippen LogP contribution in [0.2, 0.25) is 0 Å². The largest absolute Gasteiger partial charge is 0.360 e. The zero-order valence-corrected chi connectivity index (χ0v) is 20.4. The maximum Gasteiger partial charge on any atom is 0.245 e. The molecule has 0 aromatic heterocycles. The Morgan fingerprint density at radius 2 is 1.79 bits per heavy atom. The Balaban J connectivity index is 1.13. The molecule has 1 spiro atoms. The zero-order valence-electron chi connectivity index (χ0n) is 19.6. The minimum absolute atomic E-state index is 0.0916. The fraction of sp³-hybridized carbons (Fsp3) is 0.654. The Morgan fingerprint density at radius 1 is 1.09 bits per heavy atom. The highest BCUT2D eigenvalue weighted by Gasteiger charge is 2.59. The molecule has 1 unspecified atom stereocenters. The van der Waals surface area contributed by atoms with E-state index < -0.39 is 0 Å². The molecule has 2 saturated heterocycles. The first-order valence-corrected chi connectivity index (χ1v) is 13.0. The van der Waals surface area contributed by atoms with Crippen molar-refractivity contribution in [3.63, 3.8) is 0 Å². The summed E-state index contributed by atoms with van der Waals surface area (Å²) in [5.74, 6) is 0.470. The van der Waals surface area contributed by atoms with Crippen molar-refractivity contribution < 1.29 is 9.59 Å². The smallest absolute Gasteiger partial charge is 0.245 e. The second-order valence-electron chi connectivity index (χ2n) is 10.8. The van der Waals surface area contributed by atoms with Crippen LogP contribution >= 0.6 is 12.2 Å². The summed E-state index contributed by atoms with van der Waals surface area (Å²) in [4.78, 5) is 28.1. The minimum atomic E-state index is -0.235. The van der Waals surface area contributed by atoms with Crippen molar-refractivity contribution in [2.45, 2.75) is 75.8 Å². The van der Waals surface area contributed by atoms with Gasteiger partial charge in [-0.3, -0.25) is 9.59 Å². The summed E-state index contributed by atoms with van der Waals surface area (Å²) in [6.07, 6.45) is 8.32. The van der Waals surface area contributed by atoms with E-state index in [0.29, 0.717) is 5.11 Å². The average molecular weight is 469 g/mol. The van der Waals surface area contributed by atoms with Crippen molar-refractivity contribution in [2.24, 2.45) is 11.3 Å². The maximum atomic E-state index is 13.1. The van der Waals surface area contributed by atoms with E-state index in [1.54, 1.807) is 0 Å². The molecule has 6 nitrogen and oxygen atoms in total. The number of benzene rings is 1. The number of rotatable bonds is 5. The monoisotopic (exact) mass is 468 g/mol. The average Bonchev–Trinajstić information content (AvgIpc) is 3.29. The molecule has 1 aromatic carbocycles. The van der Waals surface area contributed by atoms with Gasteiger partial charge in [0.1, 0.15) is 6.04 Å². The van der Waals surface area contributed by atoms with Gasteiger partial charge < -0.3 is 20.9 Å². The second-order valence-corrected chi connectivity index (χ2v) is 11.2. The molecule has 2 saturated carbocycles. The molecule has 2 heterocycles. The molecule has 7 heteroatoms. The minimum Gasteiger partial charge on any atom is -0.360 e. The van der Waals surface area contributed by atoms with Crippen LogP contribution < -0.4 is 16.0 Å². The summed E-state index contributed by atoms with van der Waals surface area (Å²) in [6, 6.07) is 10.7. The molecule has 0 radical (unpaired) electrons. The lowest BCUT2D eigenvalue weighted by atomic mass is 9.78. The number of carbonyl (C=O) groups is 2. The predicted octanol–water partition coefficient (Wildman–Crippen LogP) is 2.87. The third kappa shape index (κ3) is 4.48. The van der Waals surface area contributed by atoms with Crippen molar-refractivity contribution in [1.82, 2.24) is 20.9 Å². The van der Waals surface area contributed by atoms with Gasteiger partial charge in [0.2, 0.25) is 11.8 Å². The normalized spacial score (nSPS) is 29.8. The number of hydrogen-bond donors (Lipinski definition) is 3. The third-order valence-electron chi connectivity index (χ3n) is 8.70. The Kier molecular flexibility index (Phi) is 6.10. The zero-order chi connectivity index (χ0) is 23.1. The van der Waals surface area contributed by atoms with Crippen molar-refractivity contribution >= 4 is 29.1 Å². The molecular weight excluding hydrogens is 432 g/mol. The number of piperidine rings is 1. The van der Waals surface area contributed by atoms with E-state index in [0.717, 1.165) is 58.2 Å². The number of likely N-dealkylation sites (tertiary alicyclic amines) is 1. The molecule has 178 valence electrons. The Labute approximate surface area is 202 Å². The lowest BCUT2D eigenvalue weighted by Crippen LogP contribution is -2.59. The van der Waals surface area contributed by atoms with Crippen molar-refractivity contribution in [3.05, 3.63) is 35.9 Å². The number of hydrogen-bond acceptors (Lipinski definition) is 3. The van der Waals surface area contributed by atoms with Gasteiger partial charge in [-0.2, -0.15) is 0 Å². The number of nitrogens with one attached hydrogen (secondary N) is 3. The summed E-state index contributed by atoms with van der Waals surface area (Å²) in [7, 11) is 0. The molecular formula is C26H36N4O2S. The first-order chi connectivity index (χ1) is 15.9. The summed E-state index contributed by atoms with van der Waals surface area (Å²) in [6.45, 7) is 4.28. The van der Waals surface area contributed by atoms with Crippen LogP contribution in [0.1, 0.15) is 63.9 Å². The molecule has 2 aliphatic carbocycles. The standard InChI is InChI=1S/C26H36N4O2S/c1-18-15-21(29-24(33)28-18)23(32)30-13-11-25(12-14-30)16-20(25)22(31)27-17-26(9-5-6-10-26)19-7-3-2-4-8-19/h2-4,7-8,18,20-21H,5-6,9-17H2,1H3,(H,27,31)(H2,28,29,33)/t18-,20?,21+/m1/s1. The summed E-state index contributed by atoms with van der Waals surface area (Å²) < 4.78 is 0. The highest BCUT2D eigenvalue weighted by atomic mass is 32.1. The Bertz CT molecular complexity index is 906. The molecule has 4 fully saturated rings. The molecule has 2 amide bonds. The molecule has 33 heavy (non-hydrogen) atoms. The van der Waals surface area contributed by atoms with Crippen molar-refractivity contribution in [3.8, 4) is 0 Å². The van der Waals surface area contributed by atoms with Crippen LogP contribution in [0.25, 0.3) is 0 Å². The lowest BCUT2D eigenvalue weighted by molar-refractivity contribution is -0.135. The fourth-order valence-corrected chi connectivity index (χ4v) is 6.86. The van der Waals surface area contributed by atoms with Gasteiger partial charge in [0.05, 0.1) is 0 Å². The van der Waals surface area contributed by atoms with E-state index in [9.17, 15) is 9.59 Å². The van der Waals surface area contributed by atoms with Crippen LogP contribution in [0.5, 0.6) is 0 Å². The SMILES string of the molecule is C[C@@H]1C[C@@H](C(=O)N2CCC3(CC2)CC3C(=O)NCC2(c3ccccc3)CCCC2)NC(=S)N1. The molecule has 4 aliphatic rings. The van der Waals surface area contributed by atoms with E-state index in [1.165, 1.54) is 18.4 Å². The van der Waals surface area contributed by atoms with Crippen LogP contribution in [0.4, 0.5) is 0 Å². The second kappa shape index (κ2) is 8.90. The van der Waals surface area contributed by atoms with E-state index in [1.807, 2.05) is 4.90 Å². The molecule has 5 rings (SSSR count). The van der Waals surface area contributed by atoms with Crippen LogP contribution in [-0.2, 0) is 15.0 Å². The van der Waals surface area contributed by atoms with Gasteiger partial charge in [-0.25, -0.2) is 0 Å². The molecule has 3 atom stereocenters. The van der Waals surface area contributed by atoms with E-state index in [-0.39, 0.29) is 40.6 Å². The third-order valence-corrected chi connectivity index (χ3v) is 8.93. The van der Waals surface area contributed by atoms with E-state index >= 15 is 0 Å². The van der Waals surface area contributed by atoms with E-state index in [4.69, 9.17) is 12.2 Å². The lowest BCUT2D eigenvalue weighted by Gasteiger charge is -2.38. The number of thiocarbonyl (C=S) groups is 1. The number of carbonyl (C=O) groups excluding carboxylic acids is 2. The topological polar surface area (TPSA) is 73.5 Å². The van der Waals surface area contributed by atoms with Gasteiger partial charge in [0, 0.05) is 37.0 Å². The molecule has 3 N–H and O–H groups in total. The van der Waals surface area contributed by atoms with Gasteiger partial charge in [-0.1, -0.05) is 43.2 Å². The summed E-state index contributed by atoms with van der Waals surface area (Å²) >= 11 is 5.24. The van der Waals surface area contributed by atoms with Gasteiger partial charge in [0.15, 0.2) is 5.11 Å². The maximum absolute atomic E-state index is 13.1. The van der Waals surface area contributed by atoms with Gasteiger partial charge in [0.25, 0.3) is 0 Å². The molecule has 0 bridgehead atoms. The summed E-state index contributed by atoms with van der Waals surface area (Å²) in [5, 5.41) is 10.2. The van der Waals surface area contributed by atoms with Crippen LogP contribution in [0.15, 0.2) is 30.3 Å². The summed E-state index contributed by atoms with van der Waals surface area (Å²) in [5.41, 5.74) is 1.55. The Hall–Kier alpha value is -2.15. The fourth-order valence-electron chi connectivity index (χ4n) is 6.51. The Morgan fingerprint density at radius 3 is 2.45 bits per heavy atom.